The molecule has 0 unspecified atom stereocenters. The van der Waals surface area contributed by atoms with Crippen molar-refractivity contribution in [3.8, 4) is 28.7 Å². The van der Waals surface area contributed by atoms with Gasteiger partial charge in [-0.15, -0.1) is 0 Å². The highest BCUT2D eigenvalue weighted by atomic mass is 16.5. The van der Waals surface area contributed by atoms with E-state index < -0.39 is 0 Å². The number of ether oxygens (including phenoxy) is 1. The highest BCUT2D eigenvalue weighted by Crippen LogP contribution is 2.46. The summed E-state index contributed by atoms with van der Waals surface area (Å²) in [5.41, 5.74) is 6.68. The van der Waals surface area contributed by atoms with Crippen molar-refractivity contribution >= 4 is 17.1 Å². The number of phenols is 3. The molecule has 0 atom stereocenters. The summed E-state index contributed by atoms with van der Waals surface area (Å²) in [6, 6.07) is 20.0. The number of aryl methyl sites for hydroxylation is 3. The van der Waals surface area contributed by atoms with Crippen molar-refractivity contribution < 1.29 is 20.1 Å². The van der Waals surface area contributed by atoms with Crippen LogP contribution >= 0.6 is 0 Å². The topological polar surface area (TPSA) is 73.2 Å². The first-order chi connectivity index (χ1) is 16.2. The van der Waals surface area contributed by atoms with E-state index in [1.54, 1.807) is 24.3 Å². The van der Waals surface area contributed by atoms with Gasteiger partial charge in [0.15, 0.2) is 0 Å². The van der Waals surface area contributed by atoms with Crippen molar-refractivity contribution in [3.63, 3.8) is 0 Å². The van der Waals surface area contributed by atoms with Crippen molar-refractivity contribution in [3.05, 3.63) is 94.5 Å². The maximum absolute atomic E-state index is 10.5. The van der Waals surface area contributed by atoms with Crippen LogP contribution in [0.2, 0.25) is 0 Å². The Morgan fingerprint density at radius 3 is 1.65 bits per heavy atom. The zero-order valence-electron chi connectivity index (χ0n) is 20.0. The van der Waals surface area contributed by atoms with Gasteiger partial charge in [0, 0.05) is 28.9 Å². The van der Waals surface area contributed by atoms with E-state index in [0.717, 1.165) is 44.9 Å². The van der Waals surface area contributed by atoms with Gasteiger partial charge in [-0.1, -0.05) is 24.3 Å². The molecule has 0 fully saturated rings. The van der Waals surface area contributed by atoms with Crippen LogP contribution < -0.4 is 9.64 Å². The molecule has 4 rings (SSSR count). The highest BCUT2D eigenvalue weighted by Gasteiger charge is 2.23. The number of hydrogen-bond acceptors (Lipinski definition) is 5. The summed E-state index contributed by atoms with van der Waals surface area (Å²) >= 11 is 0. The number of benzene rings is 4. The Morgan fingerprint density at radius 1 is 0.559 bits per heavy atom. The minimum atomic E-state index is 0.173. The van der Waals surface area contributed by atoms with Crippen LogP contribution in [0, 0.1) is 34.6 Å². The third-order valence-electron chi connectivity index (χ3n) is 6.15. The normalized spacial score (nSPS) is 10.9. The van der Waals surface area contributed by atoms with Crippen molar-refractivity contribution in [2.45, 2.75) is 34.6 Å². The maximum atomic E-state index is 10.5. The summed E-state index contributed by atoms with van der Waals surface area (Å²) in [5, 5.41) is 31.1. The fourth-order valence-electron chi connectivity index (χ4n) is 4.18. The largest absolute Gasteiger partial charge is 0.508 e. The van der Waals surface area contributed by atoms with Gasteiger partial charge in [-0.2, -0.15) is 0 Å². The van der Waals surface area contributed by atoms with Crippen LogP contribution in [-0.2, 0) is 0 Å². The molecule has 5 heteroatoms. The number of anilines is 3. The molecular weight excluding hydrogens is 426 g/mol. The van der Waals surface area contributed by atoms with Crippen molar-refractivity contribution in [1.82, 2.24) is 0 Å². The van der Waals surface area contributed by atoms with Crippen LogP contribution in [0.3, 0.4) is 0 Å². The van der Waals surface area contributed by atoms with Crippen LogP contribution in [0.15, 0.2) is 66.7 Å². The van der Waals surface area contributed by atoms with Crippen molar-refractivity contribution in [2.75, 3.05) is 4.90 Å². The van der Waals surface area contributed by atoms with Gasteiger partial charge < -0.3 is 25.0 Å². The summed E-state index contributed by atoms with van der Waals surface area (Å²) in [6.45, 7) is 9.59. The number of nitrogens with zero attached hydrogens (tertiary/aromatic N) is 1. The first kappa shape index (κ1) is 23.1. The molecule has 0 aliphatic rings. The first-order valence-corrected chi connectivity index (χ1v) is 11.1. The summed E-state index contributed by atoms with van der Waals surface area (Å²) in [4.78, 5) is 2.05. The lowest BCUT2D eigenvalue weighted by Gasteiger charge is -2.32. The SMILES string of the molecule is Cc1ccc(Oc2cccc(N(c3c(C)ccc(O)c3C)c3c(C)ccc(O)c3C)c2)cc1O. The van der Waals surface area contributed by atoms with E-state index in [-0.39, 0.29) is 17.2 Å². The first-order valence-electron chi connectivity index (χ1n) is 11.1. The summed E-state index contributed by atoms with van der Waals surface area (Å²) in [7, 11) is 0. The minimum absolute atomic E-state index is 0.173. The van der Waals surface area contributed by atoms with Crippen LogP contribution in [0.1, 0.15) is 27.8 Å². The quantitative estimate of drug-likeness (QED) is 0.289. The Labute approximate surface area is 200 Å². The smallest absolute Gasteiger partial charge is 0.131 e. The van der Waals surface area contributed by atoms with Gasteiger partial charge in [-0.3, -0.25) is 0 Å². The van der Waals surface area contributed by atoms with Gasteiger partial charge in [-0.25, -0.2) is 0 Å². The van der Waals surface area contributed by atoms with E-state index >= 15 is 0 Å². The Morgan fingerprint density at radius 2 is 1.09 bits per heavy atom. The molecule has 3 N–H and O–H groups in total. The van der Waals surface area contributed by atoms with E-state index in [0.29, 0.717) is 11.5 Å². The Balaban J connectivity index is 1.91. The molecule has 0 aliphatic carbocycles. The lowest BCUT2D eigenvalue weighted by Crippen LogP contribution is -2.15. The molecule has 5 nitrogen and oxygen atoms in total. The molecule has 34 heavy (non-hydrogen) atoms. The third-order valence-corrected chi connectivity index (χ3v) is 6.15. The van der Waals surface area contributed by atoms with E-state index in [1.165, 1.54) is 0 Å². The molecule has 174 valence electrons. The van der Waals surface area contributed by atoms with E-state index in [2.05, 4.69) is 0 Å². The predicted octanol–water partition coefficient (Wildman–Crippen LogP) is 7.61. The second kappa shape index (κ2) is 9.02. The minimum Gasteiger partial charge on any atom is -0.508 e. The average Bonchev–Trinajstić information content (AvgIpc) is 2.81. The van der Waals surface area contributed by atoms with Crippen LogP contribution in [0.5, 0.6) is 28.7 Å². The monoisotopic (exact) mass is 455 g/mol. The van der Waals surface area contributed by atoms with E-state index in [4.69, 9.17) is 4.74 Å². The summed E-state index contributed by atoms with van der Waals surface area (Å²) in [5.74, 6) is 1.69. The van der Waals surface area contributed by atoms with Gasteiger partial charge in [0.1, 0.15) is 28.7 Å². The second-order valence-corrected chi connectivity index (χ2v) is 8.63. The number of hydrogen-bond donors (Lipinski definition) is 3. The molecule has 0 radical (unpaired) electrons. The van der Waals surface area contributed by atoms with Crippen molar-refractivity contribution in [1.29, 1.82) is 0 Å². The van der Waals surface area contributed by atoms with E-state index in [9.17, 15) is 15.3 Å². The van der Waals surface area contributed by atoms with Gasteiger partial charge in [-0.05, 0) is 81.6 Å². The molecule has 0 aliphatic heterocycles. The van der Waals surface area contributed by atoms with Gasteiger partial charge in [0.05, 0.1) is 11.4 Å². The standard InChI is InChI=1S/C29H29NO4/c1-17-9-12-24(16-27(17)33)34-23-8-6-7-22(15-23)30(28-18(2)10-13-25(31)20(28)4)29-19(3)11-14-26(32)21(29)5/h6-16,31-33H,1-5H3. The van der Waals surface area contributed by atoms with Gasteiger partial charge in [0.2, 0.25) is 0 Å². The molecule has 4 aromatic rings. The highest BCUT2D eigenvalue weighted by molar-refractivity contribution is 5.85. The average molecular weight is 456 g/mol. The molecular formula is C29H29NO4. The number of aromatic hydroxyl groups is 3. The molecule has 0 bridgehead atoms. The predicted molar refractivity (Wildman–Crippen MR) is 136 cm³/mol. The van der Waals surface area contributed by atoms with Crippen LogP contribution in [-0.4, -0.2) is 15.3 Å². The summed E-state index contributed by atoms with van der Waals surface area (Å²) in [6.07, 6.45) is 0. The molecule has 4 aromatic carbocycles. The third kappa shape index (κ3) is 4.25. The maximum Gasteiger partial charge on any atom is 0.131 e. The number of phenolic OH excluding ortho intramolecular Hbond substituents is 3. The lowest BCUT2D eigenvalue weighted by atomic mass is 10.0. The van der Waals surface area contributed by atoms with Crippen LogP contribution in [0.25, 0.3) is 0 Å². The zero-order valence-corrected chi connectivity index (χ0v) is 20.0. The molecule has 0 amide bonds. The number of rotatable bonds is 5. The van der Waals surface area contributed by atoms with E-state index in [1.807, 2.05) is 82.0 Å². The molecule has 0 spiro atoms. The van der Waals surface area contributed by atoms with Gasteiger partial charge >= 0.3 is 0 Å². The summed E-state index contributed by atoms with van der Waals surface area (Å²) < 4.78 is 6.06. The fourth-order valence-corrected chi connectivity index (χ4v) is 4.18. The van der Waals surface area contributed by atoms with Gasteiger partial charge in [0.25, 0.3) is 0 Å². The van der Waals surface area contributed by atoms with Crippen molar-refractivity contribution in [2.24, 2.45) is 0 Å². The fraction of sp³-hybridized carbons (Fsp3) is 0.172. The van der Waals surface area contributed by atoms with Crippen LogP contribution in [0.4, 0.5) is 17.1 Å². The molecule has 0 saturated heterocycles. The molecule has 0 aromatic heterocycles. The molecule has 0 saturated carbocycles. The lowest BCUT2D eigenvalue weighted by molar-refractivity contribution is 0.452. The second-order valence-electron chi connectivity index (χ2n) is 8.63. The Hall–Kier alpha value is -4.12. The Bertz CT molecular complexity index is 1320. The Kier molecular flexibility index (Phi) is 6.12. The zero-order chi connectivity index (χ0) is 24.6. The molecule has 0 heterocycles.